The first-order valence-electron chi connectivity index (χ1n) is 5.71. The maximum atomic E-state index is 12.4. The average Bonchev–Trinajstić information content (AvgIpc) is 2.80. The third kappa shape index (κ3) is 2.98. The van der Waals surface area contributed by atoms with Gasteiger partial charge in [-0.25, -0.2) is 4.79 Å². The zero-order valence-corrected chi connectivity index (χ0v) is 10.5. The molecule has 0 unspecified atom stereocenters. The summed E-state index contributed by atoms with van der Waals surface area (Å²) in [5, 5.41) is 12.3. The van der Waals surface area contributed by atoms with E-state index in [-0.39, 0.29) is 12.1 Å². The van der Waals surface area contributed by atoms with Crippen molar-refractivity contribution in [1.29, 1.82) is 0 Å². The Morgan fingerprint density at radius 3 is 2.55 bits per heavy atom. The van der Waals surface area contributed by atoms with Crippen LogP contribution in [-0.4, -0.2) is 20.9 Å². The summed E-state index contributed by atoms with van der Waals surface area (Å²) < 4.78 is 38.4. The van der Waals surface area contributed by atoms with Crippen LogP contribution in [0.1, 0.15) is 27.2 Å². The topological polar surface area (TPSA) is 55.1 Å². The number of carboxylic acid groups (broad SMARTS) is 1. The number of nitrogens with zero attached hydrogens (tertiary/aromatic N) is 2. The minimum absolute atomic E-state index is 0.141. The Morgan fingerprint density at radius 2 is 2.05 bits per heavy atom. The van der Waals surface area contributed by atoms with E-state index >= 15 is 0 Å². The number of aromatic carboxylic acids is 1. The van der Waals surface area contributed by atoms with Gasteiger partial charge in [-0.05, 0) is 36.2 Å². The number of hydrogen-bond acceptors (Lipinski definition) is 2. The molecule has 0 saturated heterocycles. The number of benzene rings is 1. The lowest BCUT2D eigenvalue weighted by Gasteiger charge is -2.07. The van der Waals surface area contributed by atoms with Crippen LogP contribution in [0, 0.1) is 6.92 Å². The van der Waals surface area contributed by atoms with Crippen LogP contribution in [0.5, 0.6) is 0 Å². The first kappa shape index (κ1) is 14.1. The molecule has 1 aromatic heterocycles. The number of aromatic nitrogens is 2. The predicted molar refractivity (Wildman–Crippen MR) is 64.5 cm³/mol. The molecule has 0 spiro atoms. The van der Waals surface area contributed by atoms with Gasteiger partial charge < -0.3 is 5.11 Å². The minimum atomic E-state index is -4.46. The van der Waals surface area contributed by atoms with Crippen molar-refractivity contribution >= 4 is 5.97 Å². The molecular formula is C13H11F3N2O2. The van der Waals surface area contributed by atoms with Gasteiger partial charge in [0.2, 0.25) is 0 Å². The lowest BCUT2D eigenvalue weighted by molar-refractivity contribution is -0.141. The number of halogens is 3. The summed E-state index contributed by atoms with van der Waals surface area (Å²) in [4.78, 5) is 10.8. The Balaban J connectivity index is 2.22. The SMILES string of the molecule is Cc1cc(C(=O)O)ccc1Cn1ccc(C(F)(F)F)n1. The van der Waals surface area contributed by atoms with E-state index < -0.39 is 17.8 Å². The van der Waals surface area contributed by atoms with Crippen molar-refractivity contribution in [2.45, 2.75) is 19.6 Å². The number of rotatable bonds is 3. The molecule has 2 aromatic rings. The maximum absolute atomic E-state index is 12.4. The van der Waals surface area contributed by atoms with Crippen molar-refractivity contribution in [3.63, 3.8) is 0 Å². The molecule has 1 aromatic carbocycles. The van der Waals surface area contributed by atoms with Gasteiger partial charge in [0.25, 0.3) is 0 Å². The van der Waals surface area contributed by atoms with Gasteiger partial charge in [0, 0.05) is 6.20 Å². The van der Waals surface area contributed by atoms with Crippen LogP contribution in [0.4, 0.5) is 13.2 Å². The van der Waals surface area contributed by atoms with E-state index in [1.165, 1.54) is 23.0 Å². The Bertz CT molecular complexity index is 647. The lowest BCUT2D eigenvalue weighted by atomic mass is 10.1. The van der Waals surface area contributed by atoms with Gasteiger partial charge in [-0.1, -0.05) is 6.07 Å². The molecule has 0 fully saturated rings. The zero-order valence-electron chi connectivity index (χ0n) is 10.5. The van der Waals surface area contributed by atoms with E-state index in [1.807, 2.05) is 0 Å². The molecular weight excluding hydrogens is 273 g/mol. The van der Waals surface area contributed by atoms with E-state index in [1.54, 1.807) is 13.0 Å². The summed E-state index contributed by atoms with van der Waals surface area (Å²) in [5.41, 5.74) is 0.598. The fraction of sp³-hybridized carbons (Fsp3) is 0.231. The summed E-state index contributed by atoms with van der Waals surface area (Å²) in [6.45, 7) is 1.86. The van der Waals surface area contributed by atoms with Crippen LogP contribution in [0.15, 0.2) is 30.5 Å². The Hall–Kier alpha value is -2.31. The predicted octanol–water partition coefficient (Wildman–Crippen LogP) is 2.96. The van der Waals surface area contributed by atoms with Gasteiger partial charge in [-0.15, -0.1) is 0 Å². The number of hydrogen-bond donors (Lipinski definition) is 1. The highest BCUT2D eigenvalue weighted by Gasteiger charge is 2.33. The largest absolute Gasteiger partial charge is 0.478 e. The quantitative estimate of drug-likeness (QED) is 0.942. The second-order valence-corrected chi connectivity index (χ2v) is 4.34. The highest BCUT2D eigenvalue weighted by Crippen LogP contribution is 2.27. The first-order chi connectivity index (χ1) is 9.27. The van der Waals surface area contributed by atoms with E-state index in [0.717, 1.165) is 6.07 Å². The molecule has 0 aliphatic rings. The Labute approximate surface area is 112 Å². The van der Waals surface area contributed by atoms with E-state index in [2.05, 4.69) is 5.10 Å². The van der Waals surface area contributed by atoms with Crippen molar-refractivity contribution in [3.05, 3.63) is 52.8 Å². The molecule has 106 valence electrons. The molecule has 0 radical (unpaired) electrons. The minimum Gasteiger partial charge on any atom is -0.478 e. The maximum Gasteiger partial charge on any atom is 0.435 e. The molecule has 0 atom stereocenters. The molecule has 2 rings (SSSR count). The van der Waals surface area contributed by atoms with Gasteiger partial charge in [0.1, 0.15) is 0 Å². The molecule has 4 nitrogen and oxygen atoms in total. The van der Waals surface area contributed by atoms with Gasteiger partial charge >= 0.3 is 12.1 Å². The van der Waals surface area contributed by atoms with Gasteiger partial charge in [-0.2, -0.15) is 18.3 Å². The summed E-state index contributed by atoms with van der Waals surface area (Å²) in [5.74, 6) is -1.04. The zero-order chi connectivity index (χ0) is 14.9. The van der Waals surface area contributed by atoms with Crippen LogP contribution in [0.25, 0.3) is 0 Å². The molecule has 0 amide bonds. The molecule has 0 aliphatic carbocycles. The number of alkyl halides is 3. The third-order valence-corrected chi connectivity index (χ3v) is 2.85. The van der Waals surface area contributed by atoms with E-state index in [0.29, 0.717) is 11.1 Å². The fourth-order valence-electron chi connectivity index (χ4n) is 1.78. The number of carbonyl (C=O) groups is 1. The molecule has 0 aliphatic heterocycles. The van der Waals surface area contributed by atoms with Crippen LogP contribution < -0.4 is 0 Å². The monoisotopic (exact) mass is 284 g/mol. The highest BCUT2D eigenvalue weighted by atomic mass is 19.4. The number of aryl methyl sites for hydroxylation is 1. The van der Waals surface area contributed by atoms with Gasteiger partial charge in [0.05, 0.1) is 12.1 Å². The van der Waals surface area contributed by atoms with Crippen LogP contribution in [0.2, 0.25) is 0 Å². The smallest absolute Gasteiger partial charge is 0.435 e. The van der Waals surface area contributed by atoms with Crippen LogP contribution in [-0.2, 0) is 12.7 Å². The van der Waals surface area contributed by atoms with Crippen LogP contribution >= 0.6 is 0 Å². The normalized spacial score (nSPS) is 11.6. The average molecular weight is 284 g/mol. The van der Waals surface area contributed by atoms with Crippen molar-refractivity contribution in [1.82, 2.24) is 9.78 Å². The fourth-order valence-corrected chi connectivity index (χ4v) is 1.78. The van der Waals surface area contributed by atoms with Crippen molar-refractivity contribution in [2.75, 3.05) is 0 Å². The lowest BCUT2D eigenvalue weighted by Crippen LogP contribution is -2.09. The van der Waals surface area contributed by atoms with Crippen LogP contribution in [0.3, 0.4) is 0 Å². The van der Waals surface area contributed by atoms with Gasteiger partial charge in [0.15, 0.2) is 5.69 Å². The van der Waals surface area contributed by atoms with Gasteiger partial charge in [-0.3, -0.25) is 4.68 Å². The van der Waals surface area contributed by atoms with E-state index in [9.17, 15) is 18.0 Å². The molecule has 7 heteroatoms. The summed E-state index contributed by atoms with van der Waals surface area (Å²) in [6.07, 6.45) is -3.22. The number of carboxylic acids is 1. The van der Waals surface area contributed by atoms with Crippen molar-refractivity contribution in [3.8, 4) is 0 Å². The Kier molecular flexibility index (Phi) is 3.52. The second-order valence-electron chi connectivity index (χ2n) is 4.34. The summed E-state index contributed by atoms with van der Waals surface area (Å²) in [6, 6.07) is 5.37. The molecule has 0 saturated carbocycles. The molecule has 1 N–H and O–H groups in total. The highest BCUT2D eigenvalue weighted by molar-refractivity contribution is 5.87. The van der Waals surface area contributed by atoms with Crippen molar-refractivity contribution < 1.29 is 23.1 Å². The molecule has 20 heavy (non-hydrogen) atoms. The second kappa shape index (κ2) is 4.99. The van der Waals surface area contributed by atoms with Crippen molar-refractivity contribution in [2.24, 2.45) is 0 Å². The standard InChI is InChI=1S/C13H11F3N2O2/c1-8-6-9(12(19)20)2-3-10(8)7-18-5-4-11(17-18)13(14,15)16/h2-6H,7H2,1H3,(H,19,20). The third-order valence-electron chi connectivity index (χ3n) is 2.85. The van der Waals surface area contributed by atoms with E-state index in [4.69, 9.17) is 5.11 Å². The Morgan fingerprint density at radius 1 is 1.35 bits per heavy atom. The molecule has 0 bridgehead atoms. The summed E-state index contributed by atoms with van der Waals surface area (Å²) >= 11 is 0. The molecule has 1 heterocycles. The first-order valence-corrected chi connectivity index (χ1v) is 5.71. The summed E-state index contributed by atoms with van der Waals surface area (Å²) in [7, 11) is 0.